The minimum Gasteiger partial charge on any atom is -0.310 e. The Hall–Kier alpha value is -2.56. The zero-order valence-corrected chi connectivity index (χ0v) is 14.3. The predicted molar refractivity (Wildman–Crippen MR) is 95.1 cm³/mol. The summed E-state index contributed by atoms with van der Waals surface area (Å²) < 4.78 is 0. The maximum Gasteiger partial charge on any atom is 0.251 e. The molecule has 1 N–H and O–H groups in total. The van der Waals surface area contributed by atoms with E-state index in [1.165, 1.54) is 0 Å². The van der Waals surface area contributed by atoms with Crippen molar-refractivity contribution in [2.45, 2.75) is 40.0 Å². The molecule has 0 fully saturated rings. The number of para-hydroxylation sites is 1. The molecule has 5 nitrogen and oxygen atoms in total. The first-order valence-corrected chi connectivity index (χ1v) is 8.32. The number of aromatic amines is 1. The number of rotatable bonds is 5. The number of fused-ring (bicyclic) bond motifs is 1. The van der Waals surface area contributed by atoms with Gasteiger partial charge < -0.3 is 4.98 Å². The molecule has 0 spiro atoms. The Bertz CT molecular complexity index is 915. The van der Waals surface area contributed by atoms with E-state index in [0.717, 1.165) is 35.1 Å². The molecule has 5 heteroatoms. The third-order valence-corrected chi connectivity index (χ3v) is 3.99. The van der Waals surface area contributed by atoms with E-state index in [-0.39, 0.29) is 5.56 Å². The van der Waals surface area contributed by atoms with Crippen LogP contribution in [0.2, 0.25) is 0 Å². The molecule has 0 unspecified atom stereocenters. The Morgan fingerprint density at radius 2 is 1.92 bits per heavy atom. The van der Waals surface area contributed by atoms with Crippen molar-refractivity contribution < 1.29 is 0 Å². The van der Waals surface area contributed by atoms with Gasteiger partial charge in [-0.15, -0.1) is 0 Å². The van der Waals surface area contributed by atoms with Crippen LogP contribution in [-0.4, -0.2) is 19.9 Å². The van der Waals surface area contributed by atoms with Crippen molar-refractivity contribution in [3.05, 3.63) is 63.7 Å². The fourth-order valence-electron chi connectivity index (χ4n) is 2.74. The zero-order chi connectivity index (χ0) is 17.1. The summed E-state index contributed by atoms with van der Waals surface area (Å²) in [4.78, 5) is 28.4. The normalized spacial score (nSPS) is 11.3. The number of benzene rings is 1. The van der Waals surface area contributed by atoms with E-state index in [1.54, 1.807) is 6.07 Å². The van der Waals surface area contributed by atoms with Gasteiger partial charge >= 0.3 is 0 Å². The van der Waals surface area contributed by atoms with Gasteiger partial charge in [-0.3, -0.25) is 4.79 Å². The molecule has 0 atom stereocenters. The monoisotopic (exact) mass is 322 g/mol. The van der Waals surface area contributed by atoms with Gasteiger partial charge in [0.15, 0.2) is 0 Å². The summed E-state index contributed by atoms with van der Waals surface area (Å²) >= 11 is 0. The standard InChI is InChI=1S/C19H22N4O/c1-12(2)8-9-14-10-19(24)23-18(21-14)11-17-20-13(3)15-6-4-5-7-16(15)22-17/h4-7,10,12H,8-9,11H2,1-3H3,(H,21,23,24). The van der Waals surface area contributed by atoms with Crippen LogP contribution in [-0.2, 0) is 12.8 Å². The molecule has 0 radical (unpaired) electrons. The number of hydrogen-bond acceptors (Lipinski definition) is 4. The minimum atomic E-state index is -0.115. The second-order valence-electron chi connectivity index (χ2n) is 6.54. The summed E-state index contributed by atoms with van der Waals surface area (Å²) in [6.07, 6.45) is 2.25. The van der Waals surface area contributed by atoms with Crippen molar-refractivity contribution in [3.8, 4) is 0 Å². The number of hydrogen-bond donors (Lipinski definition) is 1. The smallest absolute Gasteiger partial charge is 0.251 e. The van der Waals surface area contributed by atoms with Crippen LogP contribution in [0.5, 0.6) is 0 Å². The first-order chi connectivity index (χ1) is 11.5. The molecule has 124 valence electrons. The van der Waals surface area contributed by atoms with Crippen LogP contribution in [0.25, 0.3) is 10.9 Å². The molecular weight excluding hydrogens is 300 g/mol. The van der Waals surface area contributed by atoms with Crippen molar-refractivity contribution in [2.24, 2.45) is 5.92 Å². The number of nitrogens with zero attached hydrogens (tertiary/aromatic N) is 3. The average Bonchev–Trinajstić information content (AvgIpc) is 2.52. The van der Waals surface area contributed by atoms with Crippen molar-refractivity contribution in [1.29, 1.82) is 0 Å². The summed E-state index contributed by atoms with van der Waals surface area (Å²) in [5.74, 6) is 1.88. The maximum absolute atomic E-state index is 11.9. The molecule has 0 aliphatic rings. The lowest BCUT2D eigenvalue weighted by Crippen LogP contribution is -2.14. The number of nitrogens with one attached hydrogen (secondary N) is 1. The second-order valence-corrected chi connectivity index (χ2v) is 6.54. The van der Waals surface area contributed by atoms with Crippen molar-refractivity contribution in [3.63, 3.8) is 0 Å². The molecule has 2 heterocycles. The third kappa shape index (κ3) is 3.85. The van der Waals surface area contributed by atoms with E-state index in [9.17, 15) is 4.79 Å². The lowest BCUT2D eigenvalue weighted by atomic mass is 10.1. The Morgan fingerprint density at radius 1 is 1.12 bits per heavy atom. The van der Waals surface area contributed by atoms with Crippen LogP contribution >= 0.6 is 0 Å². The highest BCUT2D eigenvalue weighted by Crippen LogP contribution is 2.15. The van der Waals surface area contributed by atoms with Gasteiger partial charge in [-0.1, -0.05) is 32.0 Å². The highest BCUT2D eigenvalue weighted by atomic mass is 16.1. The van der Waals surface area contributed by atoms with Crippen molar-refractivity contribution in [2.75, 3.05) is 0 Å². The molecule has 0 saturated carbocycles. The van der Waals surface area contributed by atoms with Crippen LogP contribution in [0.4, 0.5) is 0 Å². The van der Waals surface area contributed by atoms with E-state index in [1.807, 2.05) is 31.2 Å². The van der Waals surface area contributed by atoms with Gasteiger partial charge in [-0.2, -0.15) is 0 Å². The van der Waals surface area contributed by atoms with E-state index in [0.29, 0.717) is 24.0 Å². The number of aryl methyl sites for hydroxylation is 2. The molecule has 0 bridgehead atoms. The van der Waals surface area contributed by atoms with Crippen molar-refractivity contribution >= 4 is 10.9 Å². The number of aromatic nitrogens is 4. The maximum atomic E-state index is 11.9. The van der Waals surface area contributed by atoms with Gasteiger partial charge in [0, 0.05) is 22.8 Å². The van der Waals surface area contributed by atoms with Crippen LogP contribution in [0, 0.1) is 12.8 Å². The summed E-state index contributed by atoms with van der Waals surface area (Å²) in [5, 5.41) is 1.05. The van der Waals surface area contributed by atoms with Crippen molar-refractivity contribution in [1.82, 2.24) is 19.9 Å². The minimum absolute atomic E-state index is 0.115. The van der Waals surface area contributed by atoms with E-state index in [4.69, 9.17) is 0 Å². The lowest BCUT2D eigenvalue weighted by molar-refractivity contribution is 0.579. The topological polar surface area (TPSA) is 71.5 Å². The Kier molecular flexibility index (Phi) is 4.69. The fraction of sp³-hybridized carbons (Fsp3) is 0.368. The average molecular weight is 322 g/mol. The van der Waals surface area contributed by atoms with E-state index in [2.05, 4.69) is 33.8 Å². The molecule has 0 saturated heterocycles. The van der Waals surface area contributed by atoms with Gasteiger partial charge in [0.25, 0.3) is 5.56 Å². The Morgan fingerprint density at radius 3 is 2.71 bits per heavy atom. The highest BCUT2D eigenvalue weighted by Gasteiger charge is 2.08. The molecule has 0 amide bonds. The molecule has 3 aromatic rings. The summed E-state index contributed by atoms with van der Waals surface area (Å²) in [7, 11) is 0. The fourth-order valence-corrected chi connectivity index (χ4v) is 2.74. The predicted octanol–water partition coefficient (Wildman–Crippen LogP) is 3.20. The van der Waals surface area contributed by atoms with Gasteiger partial charge in [-0.25, -0.2) is 15.0 Å². The third-order valence-electron chi connectivity index (χ3n) is 3.99. The molecule has 24 heavy (non-hydrogen) atoms. The van der Waals surface area contributed by atoms with Gasteiger partial charge in [0.05, 0.1) is 11.9 Å². The SMILES string of the molecule is Cc1nc(Cc2nc(CCC(C)C)cc(=O)[nH]2)nc2ccccc12. The molecular formula is C19H22N4O. The lowest BCUT2D eigenvalue weighted by Gasteiger charge is -2.07. The molecule has 3 rings (SSSR count). The first-order valence-electron chi connectivity index (χ1n) is 8.32. The second kappa shape index (κ2) is 6.91. The first kappa shape index (κ1) is 16.3. The van der Waals surface area contributed by atoms with Crippen LogP contribution in [0.15, 0.2) is 35.1 Å². The largest absolute Gasteiger partial charge is 0.310 e. The summed E-state index contributed by atoms with van der Waals surface area (Å²) in [6, 6.07) is 9.52. The molecule has 2 aromatic heterocycles. The molecule has 0 aliphatic heterocycles. The van der Waals surface area contributed by atoms with E-state index >= 15 is 0 Å². The Balaban J connectivity index is 1.89. The quantitative estimate of drug-likeness (QED) is 0.783. The number of H-pyrrole nitrogens is 1. The van der Waals surface area contributed by atoms with Crippen LogP contribution in [0.1, 0.15) is 43.3 Å². The molecule has 0 aliphatic carbocycles. The van der Waals surface area contributed by atoms with Gasteiger partial charge in [0.2, 0.25) is 0 Å². The van der Waals surface area contributed by atoms with Gasteiger partial charge in [-0.05, 0) is 31.7 Å². The summed E-state index contributed by atoms with van der Waals surface area (Å²) in [6.45, 7) is 6.31. The Labute approximate surface area is 141 Å². The van der Waals surface area contributed by atoms with Gasteiger partial charge in [0.1, 0.15) is 11.6 Å². The van der Waals surface area contributed by atoms with Crippen LogP contribution < -0.4 is 5.56 Å². The summed E-state index contributed by atoms with van der Waals surface area (Å²) in [5.41, 5.74) is 2.57. The highest BCUT2D eigenvalue weighted by molar-refractivity contribution is 5.80. The van der Waals surface area contributed by atoms with Crippen LogP contribution in [0.3, 0.4) is 0 Å². The molecule has 1 aromatic carbocycles. The van der Waals surface area contributed by atoms with E-state index < -0.39 is 0 Å². The zero-order valence-electron chi connectivity index (χ0n) is 14.3.